The van der Waals surface area contributed by atoms with Crippen molar-refractivity contribution in [1.82, 2.24) is 44.5 Å². The van der Waals surface area contributed by atoms with Gasteiger partial charge in [-0.15, -0.1) is 0 Å². The van der Waals surface area contributed by atoms with E-state index in [0.29, 0.717) is 68.9 Å². The van der Waals surface area contributed by atoms with Gasteiger partial charge >= 0.3 is 0 Å². The van der Waals surface area contributed by atoms with Crippen LogP contribution in [-0.4, -0.2) is 140 Å². The number of aromatic nitrogens is 4. The Hall–Kier alpha value is -5.72. The lowest BCUT2D eigenvalue weighted by Crippen LogP contribution is -2.52. The monoisotopic (exact) mass is 893 g/mol. The second-order valence-corrected chi connectivity index (χ2v) is 18.4. The number of benzene rings is 2. The van der Waals surface area contributed by atoms with E-state index in [0.717, 1.165) is 105 Å². The molecule has 4 amide bonds. The minimum absolute atomic E-state index is 0.0154. The summed E-state index contributed by atoms with van der Waals surface area (Å²) in [5.74, 6) is -0.131. The van der Waals surface area contributed by atoms with Gasteiger partial charge in [0.05, 0.1) is 37.1 Å². The Labute approximate surface area is 376 Å². The average Bonchev–Trinajstić information content (AvgIpc) is 4.02. The molecule has 0 saturated carbocycles. The van der Waals surface area contributed by atoms with E-state index in [2.05, 4.69) is 35.1 Å². The third-order valence-corrected chi connectivity index (χ3v) is 14.3. The molecule has 0 aliphatic carbocycles. The number of alkyl halides is 2. The number of nitrogens with zero attached hydrogens (tertiary/aromatic N) is 9. The number of anilines is 3. The van der Waals surface area contributed by atoms with Crippen molar-refractivity contribution in [2.24, 2.45) is 7.05 Å². The van der Waals surface area contributed by atoms with Crippen molar-refractivity contribution >= 4 is 40.8 Å². The first-order valence-electron chi connectivity index (χ1n) is 23.1. The molecule has 8 heterocycles. The van der Waals surface area contributed by atoms with Crippen LogP contribution in [0, 0.1) is 0 Å². The Morgan fingerprint density at radius 1 is 0.969 bits per heavy atom. The van der Waals surface area contributed by atoms with E-state index in [1.165, 1.54) is 0 Å². The van der Waals surface area contributed by atoms with Gasteiger partial charge in [0, 0.05) is 132 Å². The van der Waals surface area contributed by atoms with E-state index in [1.54, 1.807) is 42.0 Å². The first-order chi connectivity index (χ1) is 31.5. The normalized spacial score (nSPS) is 22.0. The fraction of sp³-hybridized carbons (Fsp3) is 0.532. The molecule has 3 saturated heterocycles. The van der Waals surface area contributed by atoms with Gasteiger partial charge in [-0.1, -0.05) is 12.1 Å². The highest BCUT2D eigenvalue weighted by Gasteiger charge is 2.41. The Morgan fingerprint density at radius 3 is 2.57 bits per heavy atom. The van der Waals surface area contributed by atoms with Gasteiger partial charge in [-0.05, 0) is 67.0 Å². The standard InChI is InChI=1S/C47H57F2N11O5/c1-29(61)57-16-12-39-37(28-57)45(58-13-4-6-30-21-35(32-23-51-54(2)25-32)36(44(48)49)22-41(30)58)53-60(39)33-10-14-55(15-11-33)17-18-56-19-20-65-34(27-56)24-50-38-7-3-5-31-26-59(47(64)43(31)38)40-8-9-42(62)52-46(40)63/h3,5,7,21-23,25,33-34,40,44,50H,4,6,8-20,24,26-28H2,1-2H3,(H,52,62,63). The highest BCUT2D eigenvalue weighted by atomic mass is 19.3. The second-order valence-electron chi connectivity index (χ2n) is 18.4. The van der Waals surface area contributed by atoms with Crippen LogP contribution in [0.2, 0.25) is 0 Å². The number of imide groups is 1. The number of aryl methyl sites for hydroxylation is 2. The maximum absolute atomic E-state index is 14.7. The Balaban J connectivity index is 0.775. The molecule has 4 aromatic rings. The van der Waals surface area contributed by atoms with E-state index in [9.17, 15) is 28.0 Å². The topological polar surface area (TPSA) is 153 Å². The second kappa shape index (κ2) is 17.9. The molecule has 16 nitrogen and oxygen atoms in total. The molecule has 0 spiro atoms. The number of rotatable bonds is 11. The number of amides is 4. The van der Waals surface area contributed by atoms with E-state index >= 15 is 0 Å². The van der Waals surface area contributed by atoms with Crippen molar-refractivity contribution in [3.05, 3.63) is 76.2 Å². The molecule has 6 aliphatic heterocycles. The van der Waals surface area contributed by atoms with Crippen LogP contribution in [0.25, 0.3) is 11.1 Å². The molecule has 0 radical (unpaired) electrons. The molecular weight excluding hydrogens is 837 g/mol. The lowest BCUT2D eigenvalue weighted by Gasteiger charge is -2.37. The molecule has 10 rings (SSSR count). The van der Waals surface area contributed by atoms with Crippen LogP contribution >= 0.6 is 0 Å². The molecule has 6 aliphatic rings. The Morgan fingerprint density at radius 2 is 1.80 bits per heavy atom. The number of morpholine rings is 1. The fourth-order valence-electron chi connectivity index (χ4n) is 10.8. The average molecular weight is 894 g/mol. The van der Waals surface area contributed by atoms with E-state index < -0.39 is 18.4 Å². The summed E-state index contributed by atoms with van der Waals surface area (Å²) in [7, 11) is 1.78. The molecule has 65 heavy (non-hydrogen) atoms. The van der Waals surface area contributed by atoms with E-state index in [1.807, 2.05) is 29.2 Å². The Bertz CT molecular complexity index is 2500. The molecule has 0 bridgehead atoms. The van der Waals surface area contributed by atoms with Crippen LogP contribution in [0.4, 0.5) is 26.0 Å². The number of hydrogen-bond acceptors (Lipinski definition) is 11. The summed E-state index contributed by atoms with van der Waals surface area (Å²) in [6, 6.07) is 8.83. The summed E-state index contributed by atoms with van der Waals surface area (Å²) in [4.78, 5) is 61.1. The fourth-order valence-corrected chi connectivity index (χ4v) is 10.8. The number of carbonyl (C=O) groups excluding carboxylic acids is 4. The van der Waals surface area contributed by atoms with Crippen molar-refractivity contribution in [3.8, 4) is 11.1 Å². The zero-order valence-corrected chi connectivity index (χ0v) is 37.1. The molecule has 344 valence electrons. The number of fused-ring (bicyclic) bond motifs is 3. The molecule has 2 N–H and O–H groups in total. The van der Waals surface area contributed by atoms with E-state index in [-0.39, 0.29) is 41.9 Å². The molecule has 2 atom stereocenters. The quantitative estimate of drug-likeness (QED) is 0.206. The van der Waals surface area contributed by atoms with Gasteiger partial charge in [-0.25, -0.2) is 8.78 Å². The van der Waals surface area contributed by atoms with Crippen LogP contribution in [0.5, 0.6) is 0 Å². The predicted octanol–water partition coefficient (Wildman–Crippen LogP) is 4.42. The van der Waals surface area contributed by atoms with Crippen molar-refractivity contribution in [2.75, 3.05) is 75.7 Å². The molecule has 2 unspecified atom stereocenters. The van der Waals surface area contributed by atoms with Crippen molar-refractivity contribution in [1.29, 1.82) is 0 Å². The largest absolute Gasteiger partial charge is 0.382 e. The summed E-state index contributed by atoms with van der Waals surface area (Å²) < 4.78 is 39.5. The van der Waals surface area contributed by atoms with E-state index in [4.69, 9.17) is 9.84 Å². The molecule has 18 heteroatoms. The van der Waals surface area contributed by atoms with Crippen LogP contribution in [-0.2, 0) is 52.1 Å². The highest BCUT2D eigenvalue weighted by molar-refractivity contribution is 6.07. The SMILES string of the molecule is CC(=O)N1CCc2c(c(N3CCCc4cc(-c5cnn(C)c5)c(C(F)F)cc43)nn2C2CCN(CCN3CCOC(CNc4cccc5c4C(=O)N(C4CCC(=O)NC4=O)C5)C3)CC2)C1. The summed E-state index contributed by atoms with van der Waals surface area (Å²) in [5.41, 5.74) is 7.26. The van der Waals surface area contributed by atoms with Crippen molar-refractivity contribution < 1.29 is 32.7 Å². The van der Waals surface area contributed by atoms with Crippen LogP contribution in [0.1, 0.15) is 89.8 Å². The Kier molecular flexibility index (Phi) is 11.9. The summed E-state index contributed by atoms with van der Waals surface area (Å²) >= 11 is 0. The minimum atomic E-state index is -2.66. The first kappa shape index (κ1) is 43.2. The number of halogens is 2. The minimum Gasteiger partial charge on any atom is -0.382 e. The van der Waals surface area contributed by atoms with Gasteiger partial charge < -0.3 is 29.7 Å². The van der Waals surface area contributed by atoms with Gasteiger partial charge in [-0.2, -0.15) is 10.2 Å². The number of likely N-dealkylation sites (tertiary alicyclic amines) is 1. The molecule has 3 fully saturated rings. The zero-order chi connectivity index (χ0) is 44.9. The number of piperidine rings is 2. The summed E-state index contributed by atoms with van der Waals surface area (Å²) in [6.45, 7) is 10.1. The maximum Gasteiger partial charge on any atom is 0.264 e. The lowest BCUT2D eigenvalue weighted by atomic mass is 9.92. The van der Waals surface area contributed by atoms with Gasteiger partial charge in [0.25, 0.3) is 12.3 Å². The van der Waals surface area contributed by atoms with Crippen LogP contribution < -0.4 is 15.5 Å². The smallest absolute Gasteiger partial charge is 0.264 e. The van der Waals surface area contributed by atoms with Gasteiger partial charge in [0.1, 0.15) is 6.04 Å². The van der Waals surface area contributed by atoms with Crippen LogP contribution in [0.15, 0.2) is 42.7 Å². The molecular formula is C47H57F2N11O5. The molecule has 2 aromatic carbocycles. The van der Waals surface area contributed by atoms with Gasteiger partial charge in [-0.3, -0.25) is 38.8 Å². The summed E-state index contributed by atoms with van der Waals surface area (Å²) in [6.07, 6.45) is 5.41. The third-order valence-electron chi connectivity index (χ3n) is 14.3. The number of hydrogen-bond donors (Lipinski definition) is 2. The zero-order valence-electron chi connectivity index (χ0n) is 37.1. The number of nitrogens with one attached hydrogen (secondary N) is 2. The number of ether oxygens (including phenoxy) is 1. The van der Waals surface area contributed by atoms with Crippen LogP contribution in [0.3, 0.4) is 0 Å². The predicted molar refractivity (Wildman–Crippen MR) is 238 cm³/mol. The number of carbonyl (C=O) groups is 4. The van der Waals surface area contributed by atoms with Crippen molar-refractivity contribution in [2.45, 2.75) is 89.6 Å². The van der Waals surface area contributed by atoms with Gasteiger partial charge in [0.15, 0.2) is 5.82 Å². The maximum atomic E-state index is 14.7. The summed E-state index contributed by atoms with van der Waals surface area (Å²) in [5, 5.41) is 15.4. The first-order valence-corrected chi connectivity index (χ1v) is 23.1. The lowest BCUT2D eigenvalue weighted by molar-refractivity contribution is -0.137. The highest BCUT2D eigenvalue weighted by Crippen LogP contribution is 2.44. The van der Waals surface area contributed by atoms with Crippen molar-refractivity contribution in [3.63, 3.8) is 0 Å². The molecule has 2 aromatic heterocycles. The van der Waals surface area contributed by atoms with Gasteiger partial charge in [0.2, 0.25) is 17.7 Å². The third kappa shape index (κ3) is 8.51.